The molecule has 1 aliphatic rings. The van der Waals surface area contributed by atoms with Crippen LogP contribution in [-0.4, -0.2) is 48.8 Å². The van der Waals surface area contributed by atoms with Gasteiger partial charge < -0.3 is 9.42 Å². The normalized spacial score (nSPS) is 19.8. The first-order valence-electron chi connectivity index (χ1n) is 7.85. The fourth-order valence-corrected chi connectivity index (χ4v) is 4.25. The smallest absolute Gasteiger partial charge is 0.223 e. The maximum Gasteiger partial charge on any atom is 0.223 e. The maximum atomic E-state index is 12.4. The fourth-order valence-electron chi connectivity index (χ4n) is 2.95. The maximum absolute atomic E-state index is 12.4. The summed E-state index contributed by atoms with van der Waals surface area (Å²) < 4.78 is 29.8. The van der Waals surface area contributed by atoms with Crippen LogP contribution in [0.4, 0.5) is 0 Å². The molecular weight excluding hydrogens is 314 g/mol. The lowest BCUT2D eigenvalue weighted by Crippen LogP contribution is -2.37. The van der Waals surface area contributed by atoms with Crippen molar-refractivity contribution in [1.29, 1.82) is 0 Å². The Morgan fingerprint density at radius 1 is 1.30 bits per heavy atom. The summed E-state index contributed by atoms with van der Waals surface area (Å²) in [4.78, 5) is 6.87. The number of rotatable bonds is 5. The highest BCUT2D eigenvalue weighted by atomic mass is 32.2. The molecule has 0 unspecified atom stereocenters. The van der Waals surface area contributed by atoms with Crippen LogP contribution in [0.3, 0.4) is 0 Å². The van der Waals surface area contributed by atoms with Crippen LogP contribution >= 0.6 is 0 Å². The average molecular weight is 335 g/mol. The van der Waals surface area contributed by atoms with Gasteiger partial charge in [-0.05, 0) is 31.5 Å². The van der Waals surface area contributed by atoms with Gasteiger partial charge in [-0.1, -0.05) is 23.4 Å². The lowest BCUT2D eigenvalue weighted by Gasteiger charge is -2.31. The molecule has 1 aliphatic heterocycles. The largest absolute Gasteiger partial charge is 0.340 e. The van der Waals surface area contributed by atoms with Crippen LogP contribution in [0.25, 0.3) is 0 Å². The minimum Gasteiger partial charge on any atom is -0.340 e. The van der Waals surface area contributed by atoms with Crippen molar-refractivity contribution >= 4 is 9.84 Å². The molecule has 0 N–H and O–H groups in total. The van der Waals surface area contributed by atoms with E-state index in [0.717, 1.165) is 31.8 Å². The van der Waals surface area contributed by atoms with E-state index in [1.54, 1.807) is 31.2 Å². The van der Waals surface area contributed by atoms with Crippen LogP contribution in [0.1, 0.15) is 30.5 Å². The zero-order valence-electron chi connectivity index (χ0n) is 13.2. The molecule has 6 nitrogen and oxygen atoms in total. The van der Waals surface area contributed by atoms with Gasteiger partial charge in [-0.3, -0.25) is 0 Å². The molecule has 124 valence electrons. The summed E-state index contributed by atoms with van der Waals surface area (Å²) in [5, 5.41) is 4.00. The standard InChI is InChI=1S/C16H21N3O3S/c1-13-17-16(18-22-13)14-6-5-9-19(12-14)10-11-23(20,21)15-7-3-2-4-8-15/h2-4,7-8,14H,5-6,9-12H2,1H3/t14-/m0/s1. The lowest BCUT2D eigenvalue weighted by atomic mass is 9.97. The van der Waals surface area contributed by atoms with Crippen LogP contribution in [-0.2, 0) is 9.84 Å². The highest BCUT2D eigenvalue weighted by Crippen LogP contribution is 2.25. The molecule has 1 saturated heterocycles. The fraction of sp³-hybridized carbons (Fsp3) is 0.500. The van der Waals surface area contributed by atoms with Crippen molar-refractivity contribution < 1.29 is 12.9 Å². The van der Waals surface area contributed by atoms with E-state index in [9.17, 15) is 8.42 Å². The third-order valence-electron chi connectivity index (χ3n) is 4.19. The summed E-state index contributed by atoms with van der Waals surface area (Å²) in [7, 11) is -3.23. The van der Waals surface area contributed by atoms with Crippen molar-refractivity contribution in [3.8, 4) is 0 Å². The van der Waals surface area contributed by atoms with Gasteiger partial charge in [0.15, 0.2) is 15.7 Å². The molecule has 2 heterocycles. The molecule has 23 heavy (non-hydrogen) atoms. The van der Waals surface area contributed by atoms with Gasteiger partial charge in [-0.15, -0.1) is 0 Å². The summed E-state index contributed by atoms with van der Waals surface area (Å²) in [5.74, 6) is 1.66. The zero-order chi connectivity index (χ0) is 16.3. The average Bonchev–Trinajstić information content (AvgIpc) is 3.01. The predicted molar refractivity (Wildman–Crippen MR) is 85.9 cm³/mol. The minimum absolute atomic E-state index is 0.134. The van der Waals surface area contributed by atoms with E-state index in [0.29, 0.717) is 17.3 Å². The third-order valence-corrected chi connectivity index (χ3v) is 5.90. The van der Waals surface area contributed by atoms with Crippen LogP contribution in [0.5, 0.6) is 0 Å². The molecule has 2 aromatic rings. The molecule has 0 radical (unpaired) electrons. The van der Waals surface area contributed by atoms with Crippen molar-refractivity contribution in [3.63, 3.8) is 0 Å². The second kappa shape index (κ2) is 6.80. The van der Waals surface area contributed by atoms with E-state index in [2.05, 4.69) is 15.0 Å². The number of aromatic nitrogens is 2. The van der Waals surface area contributed by atoms with Crippen molar-refractivity contribution in [2.75, 3.05) is 25.4 Å². The first-order valence-corrected chi connectivity index (χ1v) is 9.50. The topological polar surface area (TPSA) is 76.3 Å². The summed E-state index contributed by atoms with van der Waals surface area (Å²) in [6.45, 7) is 4.01. The molecule has 0 bridgehead atoms. The van der Waals surface area contributed by atoms with Gasteiger partial charge in [0, 0.05) is 25.9 Å². The summed E-state index contributed by atoms with van der Waals surface area (Å²) in [6.07, 6.45) is 2.03. The van der Waals surface area contributed by atoms with E-state index in [4.69, 9.17) is 4.52 Å². The number of hydrogen-bond donors (Lipinski definition) is 0. The van der Waals surface area contributed by atoms with E-state index < -0.39 is 9.84 Å². The quantitative estimate of drug-likeness (QED) is 0.832. The summed E-state index contributed by atoms with van der Waals surface area (Å²) in [6, 6.07) is 8.62. The Bertz CT molecular complexity index is 743. The molecular formula is C16H21N3O3S. The van der Waals surface area contributed by atoms with E-state index >= 15 is 0 Å². The first-order chi connectivity index (χ1) is 11.0. The van der Waals surface area contributed by atoms with Gasteiger partial charge in [0.1, 0.15) is 0 Å². The number of likely N-dealkylation sites (tertiary alicyclic amines) is 1. The van der Waals surface area contributed by atoms with Gasteiger partial charge in [0.2, 0.25) is 5.89 Å². The number of sulfone groups is 1. The van der Waals surface area contributed by atoms with Crippen LogP contribution in [0.15, 0.2) is 39.8 Å². The van der Waals surface area contributed by atoms with Crippen LogP contribution in [0.2, 0.25) is 0 Å². The summed E-state index contributed by atoms with van der Waals surface area (Å²) >= 11 is 0. The highest BCUT2D eigenvalue weighted by Gasteiger charge is 2.26. The second-order valence-electron chi connectivity index (χ2n) is 5.94. The Morgan fingerprint density at radius 2 is 2.09 bits per heavy atom. The van der Waals surface area contributed by atoms with Crippen LogP contribution < -0.4 is 0 Å². The van der Waals surface area contributed by atoms with E-state index in [-0.39, 0.29) is 11.7 Å². The molecule has 0 saturated carbocycles. The van der Waals surface area contributed by atoms with E-state index in [1.807, 2.05) is 6.07 Å². The molecule has 1 atom stereocenters. The Balaban J connectivity index is 1.60. The number of nitrogens with zero attached hydrogens (tertiary/aromatic N) is 3. The number of aryl methyl sites for hydroxylation is 1. The monoisotopic (exact) mass is 335 g/mol. The first kappa shape index (κ1) is 16.1. The van der Waals surface area contributed by atoms with Crippen molar-refractivity contribution in [3.05, 3.63) is 42.0 Å². The molecule has 1 fully saturated rings. The molecule has 1 aromatic carbocycles. The second-order valence-corrected chi connectivity index (χ2v) is 8.05. The number of hydrogen-bond acceptors (Lipinski definition) is 6. The van der Waals surface area contributed by atoms with Gasteiger partial charge in [-0.25, -0.2) is 8.42 Å². The van der Waals surface area contributed by atoms with Crippen molar-refractivity contribution in [2.45, 2.75) is 30.6 Å². The van der Waals surface area contributed by atoms with Gasteiger partial charge >= 0.3 is 0 Å². The Kier molecular flexibility index (Phi) is 4.77. The Morgan fingerprint density at radius 3 is 2.78 bits per heavy atom. The molecule has 0 aliphatic carbocycles. The SMILES string of the molecule is Cc1nc([C@H]2CCCN(CCS(=O)(=O)c3ccccc3)C2)no1. The zero-order valence-corrected chi connectivity index (χ0v) is 14.0. The molecule has 1 aromatic heterocycles. The molecule has 7 heteroatoms. The Labute approximate surface area is 136 Å². The highest BCUT2D eigenvalue weighted by molar-refractivity contribution is 7.91. The molecule has 0 amide bonds. The van der Waals surface area contributed by atoms with Crippen molar-refractivity contribution in [2.24, 2.45) is 0 Å². The van der Waals surface area contributed by atoms with Gasteiger partial charge in [0.25, 0.3) is 0 Å². The van der Waals surface area contributed by atoms with E-state index in [1.165, 1.54) is 0 Å². The summed E-state index contributed by atoms with van der Waals surface area (Å²) in [5.41, 5.74) is 0. The lowest BCUT2D eigenvalue weighted by molar-refractivity contribution is 0.212. The number of benzene rings is 1. The predicted octanol–water partition coefficient (Wildman–Crippen LogP) is 2.03. The minimum atomic E-state index is -3.23. The Hall–Kier alpha value is -1.73. The van der Waals surface area contributed by atoms with Crippen LogP contribution in [0, 0.1) is 6.92 Å². The third kappa shape index (κ3) is 3.97. The molecule has 0 spiro atoms. The van der Waals surface area contributed by atoms with Gasteiger partial charge in [0.05, 0.1) is 10.6 Å². The van der Waals surface area contributed by atoms with Crippen molar-refractivity contribution in [1.82, 2.24) is 15.0 Å². The van der Waals surface area contributed by atoms with Gasteiger partial charge in [-0.2, -0.15) is 4.98 Å². The number of piperidine rings is 1. The molecule has 3 rings (SSSR count).